The van der Waals surface area contributed by atoms with Gasteiger partial charge in [-0.15, -0.1) is 12.3 Å². The molecule has 0 unspecified atom stereocenters. The van der Waals surface area contributed by atoms with E-state index in [1.165, 1.54) is 32.2 Å². The third kappa shape index (κ3) is 5.45. The second-order valence-corrected chi connectivity index (χ2v) is 11.4. The molecule has 1 amide bonds. The van der Waals surface area contributed by atoms with E-state index in [0.29, 0.717) is 0 Å². The third-order valence-electron chi connectivity index (χ3n) is 8.60. The van der Waals surface area contributed by atoms with Crippen molar-refractivity contribution in [1.82, 2.24) is 5.32 Å². The number of fused-ring (bicyclic) bond motifs is 3. The summed E-state index contributed by atoms with van der Waals surface area (Å²) in [5, 5.41) is 57.5. The number of ether oxygens (including phenoxy) is 3. The second-order valence-electron chi connectivity index (χ2n) is 11.4. The molecular weight excluding hydrogens is 590 g/mol. The zero-order chi connectivity index (χ0) is 32.8. The molecule has 2 aromatic rings. The molecule has 1 fully saturated rings. The molecule has 13 nitrogen and oxygen atoms in total. The number of carbonyl (C=O) groups excluding carboxylic acids is 4. The molecular formula is C32H33NO12. The average Bonchev–Trinajstić information content (AvgIpc) is 3.01. The molecule has 1 saturated heterocycles. The fraction of sp³-hybridized carbons (Fsp3) is 0.438. The second kappa shape index (κ2) is 12.2. The number of aliphatic hydroxyl groups is 3. The molecule has 45 heavy (non-hydrogen) atoms. The number of terminal acetylenes is 1. The van der Waals surface area contributed by atoms with Crippen LogP contribution in [0.15, 0.2) is 18.2 Å². The van der Waals surface area contributed by atoms with E-state index in [-0.39, 0.29) is 47.3 Å². The zero-order valence-corrected chi connectivity index (χ0v) is 24.5. The number of hydrogen-bond donors (Lipinski definition) is 6. The van der Waals surface area contributed by atoms with E-state index in [1.807, 2.05) is 0 Å². The maximum absolute atomic E-state index is 13.8. The van der Waals surface area contributed by atoms with Gasteiger partial charge in [-0.05, 0) is 13.0 Å². The lowest BCUT2D eigenvalue weighted by Gasteiger charge is -2.43. The fourth-order valence-electron chi connectivity index (χ4n) is 6.32. The lowest BCUT2D eigenvalue weighted by molar-refractivity contribution is -0.249. The average molecular weight is 624 g/mol. The van der Waals surface area contributed by atoms with Crippen LogP contribution in [0.5, 0.6) is 17.2 Å². The largest absolute Gasteiger partial charge is 0.507 e. The number of phenols is 2. The highest BCUT2D eigenvalue weighted by Crippen LogP contribution is 2.52. The lowest BCUT2D eigenvalue weighted by Crippen LogP contribution is -2.55. The first kappa shape index (κ1) is 32.1. The number of amides is 1. The predicted molar refractivity (Wildman–Crippen MR) is 154 cm³/mol. The van der Waals surface area contributed by atoms with E-state index in [0.717, 1.165) is 0 Å². The van der Waals surface area contributed by atoms with Crippen molar-refractivity contribution < 1.29 is 58.9 Å². The molecule has 0 aromatic heterocycles. The van der Waals surface area contributed by atoms with Crippen molar-refractivity contribution in [3.63, 3.8) is 0 Å². The molecule has 2 aliphatic carbocycles. The molecule has 13 heteroatoms. The van der Waals surface area contributed by atoms with E-state index < -0.39 is 102 Å². The van der Waals surface area contributed by atoms with Crippen LogP contribution >= 0.6 is 0 Å². The van der Waals surface area contributed by atoms with Gasteiger partial charge in [-0.2, -0.15) is 0 Å². The Morgan fingerprint density at radius 2 is 1.87 bits per heavy atom. The Morgan fingerprint density at radius 3 is 2.53 bits per heavy atom. The van der Waals surface area contributed by atoms with E-state index in [2.05, 4.69) is 11.2 Å². The molecule has 238 valence electrons. The molecule has 3 aliphatic rings. The van der Waals surface area contributed by atoms with Crippen LogP contribution in [0.1, 0.15) is 81.7 Å². The van der Waals surface area contributed by atoms with Gasteiger partial charge in [0, 0.05) is 48.8 Å². The normalized spacial score (nSPS) is 27.1. The van der Waals surface area contributed by atoms with E-state index >= 15 is 0 Å². The maximum Gasteiger partial charge on any atom is 0.221 e. The highest BCUT2D eigenvalue weighted by atomic mass is 16.7. The van der Waals surface area contributed by atoms with E-state index in [4.69, 9.17) is 20.6 Å². The molecule has 0 saturated carbocycles. The Labute approximate surface area is 257 Å². The number of nitrogens with one attached hydrogen (secondary N) is 1. The summed E-state index contributed by atoms with van der Waals surface area (Å²) in [6.45, 7) is 0.478. The van der Waals surface area contributed by atoms with Gasteiger partial charge in [-0.1, -0.05) is 12.1 Å². The van der Waals surface area contributed by atoms with Crippen molar-refractivity contribution in [3.8, 4) is 29.6 Å². The van der Waals surface area contributed by atoms with Crippen molar-refractivity contribution in [2.75, 3.05) is 13.7 Å². The standard InChI is InChI=1S/C32H33NO12/c1-4-5-9-21(36)33-17-10-22(44-14(2)27(17)37)45-19-12-32(42,20(35)13-34)11-16-24(19)31(41)26-25(29(16)39)28(38)15-7-6-8-18(43-3)23(15)30(26)40/h1,6-8,14,17,19,22,27,34,37,39,41-42H,5,9-13H2,2-3H3,(H,33,36)/t14-,17-,19-,22-,27+,32-/m0/s1. The lowest BCUT2D eigenvalue weighted by atomic mass is 9.72. The summed E-state index contributed by atoms with van der Waals surface area (Å²) in [7, 11) is 1.31. The zero-order valence-electron chi connectivity index (χ0n) is 24.5. The molecule has 1 aliphatic heterocycles. The summed E-state index contributed by atoms with van der Waals surface area (Å²) < 4.78 is 17.3. The van der Waals surface area contributed by atoms with Gasteiger partial charge >= 0.3 is 0 Å². The quantitative estimate of drug-likeness (QED) is 0.150. The van der Waals surface area contributed by atoms with Crippen molar-refractivity contribution in [2.24, 2.45) is 0 Å². The van der Waals surface area contributed by atoms with Gasteiger partial charge in [0.15, 0.2) is 17.9 Å². The number of aliphatic hydroxyl groups excluding tert-OH is 2. The van der Waals surface area contributed by atoms with Crippen molar-refractivity contribution in [1.29, 1.82) is 0 Å². The Balaban J connectivity index is 1.59. The number of ketones is 3. The molecule has 0 bridgehead atoms. The Morgan fingerprint density at radius 1 is 1.16 bits per heavy atom. The van der Waals surface area contributed by atoms with Gasteiger partial charge in [-0.3, -0.25) is 19.2 Å². The number of benzene rings is 2. The van der Waals surface area contributed by atoms with Crippen LogP contribution in [0.4, 0.5) is 0 Å². The summed E-state index contributed by atoms with van der Waals surface area (Å²) in [4.78, 5) is 52.5. The smallest absolute Gasteiger partial charge is 0.221 e. The minimum absolute atomic E-state index is 0.0196. The number of phenolic OH excluding ortho intramolecular Hbond substituents is 2. The number of hydrogen-bond acceptors (Lipinski definition) is 12. The van der Waals surface area contributed by atoms with Gasteiger partial charge < -0.3 is 45.1 Å². The van der Waals surface area contributed by atoms with Crippen LogP contribution < -0.4 is 10.1 Å². The minimum atomic E-state index is -2.31. The molecule has 6 N–H and O–H groups in total. The first-order chi connectivity index (χ1) is 21.4. The number of carbonyl (C=O) groups is 4. The highest BCUT2D eigenvalue weighted by molar-refractivity contribution is 6.31. The summed E-state index contributed by atoms with van der Waals surface area (Å²) in [6.07, 6.45) is -0.445. The molecule has 0 radical (unpaired) electrons. The summed E-state index contributed by atoms with van der Waals surface area (Å²) in [5.74, 6) is -2.04. The summed E-state index contributed by atoms with van der Waals surface area (Å²) >= 11 is 0. The van der Waals surface area contributed by atoms with Crippen LogP contribution in [0.25, 0.3) is 0 Å². The highest BCUT2D eigenvalue weighted by Gasteiger charge is 2.50. The van der Waals surface area contributed by atoms with E-state index in [1.54, 1.807) is 0 Å². The first-order valence-electron chi connectivity index (χ1n) is 14.3. The minimum Gasteiger partial charge on any atom is -0.507 e. The van der Waals surface area contributed by atoms with Gasteiger partial charge in [-0.25, -0.2) is 0 Å². The number of methoxy groups -OCH3 is 1. The molecule has 1 heterocycles. The fourth-order valence-corrected chi connectivity index (χ4v) is 6.32. The molecule has 2 aromatic carbocycles. The van der Waals surface area contributed by atoms with Crippen LogP contribution in [0.3, 0.4) is 0 Å². The SMILES string of the molecule is C#CCCC(=O)N[C@H]1C[C@H](O[C@H]2C[C@](O)(C(=O)CO)Cc3c(O)c4c(c(O)c32)C(=O)c2c(OC)cccc2C4=O)O[C@@H](C)[C@H]1O. The van der Waals surface area contributed by atoms with E-state index in [9.17, 15) is 44.7 Å². The number of rotatable bonds is 8. The topological polar surface area (TPSA) is 209 Å². The summed E-state index contributed by atoms with van der Waals surface area (Å²) in [6, 6.07) is 3.47. The van der Waals surface area contributed by atoms with Crippen LogP contribution in [-0.2, 0) is 25.5 Å². The van der Waals surface area contributed by atoms with Gasteiger partial charge in [0.2, 0.25) is 11.7 Å². The number of aromatic hydroxyl groups is 2. The molecule has 5 rings (SSSR count). The Hall–Kier alpha value is -4.32. The van der Waals surface area contributed by atoms with Crippen molar-refractivity contribution >= 4 is 23.3 Å². The molecule has 6 atom stereocenters. The van der Waals surface area contributed by atoms with Gasteiger partial charge in [0.25, 0.3) is 0 Å². The van der Waals surface area contributed by atoms with Crippen molar-refractivity contribution in [2.45, 2.75) is 75.3 Å². The monoisotopic (exact) mass is 623 g/mol. The van der Waals surface area contributed by atoms with Crippen LogP contribution in [0.2, 0.25) is 0 Å². The first-order valence-corrected chi connectivity index (χ1v) is 14.3. The van der Waals surface area contributed by atoms with Gasteiger partial charge in [0.1, 0.15) is 35.6 Å². The van der Waals surface area contributed by atoms with Crippen LogP contribution in [-0.4, -0.2) is 92.6 Å². The van der Waals surface area contributed by atoms with Gasteiger partial charge in [0.05, 0.1) is 42.0 Å². The third-order valence-corrected chi connectivity index (χ3v) is 8.60. The maximum atomic E-state index is 13.8. The predicted octanol–water partition coefficient (Wildman–Crippen LogP) is 0.572. The number of Topliss-reactive ketones (excluding diaryl/α,β-unsaturated/α-hetero) is 1. The van der Waals surface area contributed by atoms with Crippen molar-refractivity contribution in [3.05, 3.63) is 51.6 Å². The Bertz CT molecular complexity index is 1630. The van der Waals surface area contributed by atoms with Crippen LogP contribution in [0, 0.1) is 12.3 Å². The summed E-state index contributed by atoms with van der Waals surface area (Å²) in [5.41, 5.74) is -3.93. The Kier molecular flexibility index (Phi) is 8.72. The molecule has 0 spiro atoms.